The molecule has 1 atom stereocenters. The zero-order chi connectivity index (χ0) is 13.4. The highest BCUT2D eigenvalue weighted by Crippen LogP contribution is 2.24. The van der Waals surface area contributed by atoms with Crippen molar-refractivity contribution in [3.8, 4) is 0 Å². The van der Waals surface area contributed by atoms with E-state index in [1.165, 1.54) is 6.42 Å². The lowest BCUT2D eigenvalue weighted by molar-refractivity contribution is -0.124. The van der Waals surface area contributed by atoms with Gasteiger partial charge in [-0.25, -0.2) is 0 Å². The summed E-state index contributed by atoms with van der Waals surface area (Å²) in [5.41, 5.74) is -0.152. The van der Waals surface area contributed by atoms with E-state index in [2.05, 4.69) is 24.5 Å². The summed E-state index contributed by atoms with van der Waals surface area (Å²) >= 11 is 0. The largest absolute Gasteiger partial charge is 0.396 e. The average Bonchev–Trinajstić information content (AvgIpc) is 2.69. The standard InChI is InChI=1S/C14H28N2O2/c1-3-14(4-2,11-17)10-16-13(18)12-8-6-5-7-9-15-12/h12,15,17H,3-11H2,1-2H3,(H,16,18). The van der Waals surface area contributed by atoms with Gasteiger partial charge in [0.25, 0.3) is 0 Å². The average molecular weight is 256 g/mol. The molecule has 0 bridgehead atoms. The van der Waals surface area contributed by atoms with E-state index in [1.807, 2.05) is 0 Å². The quantitative estimate of drug-likeness (QED) is 0.674. The van der Waals surface area contributed by atoms with Crippen molar-refractivity contribution >= 4 is 5.91 Å². The number of carbonyl (C=O) groups excluding carboxylic acids is 1. The molecule has 0 radical (unpaired) electrons. The molecule has 4 heteroatoms. The van der Waals surface area contributed by atoms with E-state index < -0.39 is 0 Å². The molecule has 106 valence electrons. The van der Waals surface area contributed by atoms with Gasteiger partial charge < -0.3 is 15.7 Å². The molecule has 4 nitrogen and oxygen atoms in total. The molecular weight excluding hydrogens is 228 g/mol. The van der Waals surface area contributed by atoms with Crippen molar-refractivity contribution < 1.29 is 9.90 Å². The maximum Gasteiger partial charge on any atom is 0.237 e. The lowest BCUT2D eigenvalue weighted by Gasteiger charge is -2.30. The van der Waals surface area contributed by atoms with Crippen LogP contribution in [0, 0.1) is 5.41 Å². The summed E-state index contributed by atoms with van der Waals surface area (Å²) in [4.78, 5) is 12.1. The van der Waals surface area contributed by atoms with Crippen LogP contribution in [-0.4, -0.2) is 36.8 Å². The number of nitrogens with one attached hydrogen (secondary N) is 2. The zero-order valence-electron chi connectivity index (χ0n) is 11.8. The molecule has 0 aromatic carbocycles. The lowest BCUT2D eigenvalue weighted by atomic mass is 9.83. The van der Waals surface area contributed by atoms with Gasteiger partial charge in [0.05, 0.1) is 12.6 Å². The van der Waals surface area contributed by atoms with Crippen LogP contribution in [0.5, 0.6) is 0 Å². The first-order valence-electron chi connectivity index (χ1n) is 7.29. The van der Waals surface area contributed by atoms with Gasteiger partial charge in [0.15, 0.2) is 0 Å². The van der Waals surface area contributed by atoms with Crippen molar-refractivity contribution in [2.45, 2.75) is 58.4 Å². The van der Waals surface area contributed by atoms with E-state index in [4.69, 9.17) is 0 Å². The highest BCUT2D eigenvalue weighted by molar-refractivity contribution is 5.81. The van der Waals surface area contributed by atoms with E-state index >= 15 is 0 Å². The van der Waals surface area contributed by atoms with Crippen molar-refractivity contribution in [1.82, 2.24) is 10.6 Å². The van der Waals surface area contributed by atoms with Crippen LogP contribution < -0.4 is 10.6 Å². The van der Waals surface area contributed by atoms with Gasteiger partial charge in [-0.1, -0.05) is 26.7 Å². The number of rotatable bonds is 6. The Balaban J connectivity index is 2.43. The first-order valence-corrected chi connectivity index (χ1v) is 7.29. The van der Waals surface area contributed by atoms with Crippen molar-refractivity contribution in [2.75, 3.05) is 19.7 Å². The van der Waals surface area contributed by atoms with E-state index in [9.17, 15) is 9.90 Å². The third-order valence-corrected chi connectivity index (χ3v) is 4.35. The molecule has 1 heterocycles. The zero-order valence-corrected chi connectivity index (χ0v) is 11.8. The second-order valence-electron chi connectivity index (χ2n) is 5.44. The normalized spacial score (nSPS) is 21.4. The molecule has 3 N–H and O–H groups in total. The van der Waals surface area contributed by atoms with Crippen LogP contribution in [0.1, 0.15) is 52.4 Å². The van der Waals surface area contributed by atoms with E-state index in [1.54, 1.807) is 0 Å². The molecule has 0 saturated carbocycles. The summed E-state index contributed by atoms with van der Waals surface area (Å²) in [7, 11) is 0. The fourth-order valence-corrected chi connectivity index (χ4v) is 2.43. The lowest BCUT2D eigenvalue weighted by Crippen LogP contribution is -2.48. The molecule has 1 amide bonds. The Kier molecular flexibility index (Phi) is 6.65. The van der Waals surface area contributed by atoms with Crippen LogP contribution in [-0.2, 0) is 4.79 Å². The molecule has 0 spiro atoms. The number of aliphatic hydroxyl groups excluding tert-OH is 1. The number of aliphatic hydroxyl groups is 1. The molecule has 18 heavy (non-hydrogen) atoms. The van der Waals surface area contributed by atoms with Crippen molar-refractivity contribution in [3.63, 3.8) is 0 Å². The smallest absolute Gasteiger partial charge is 0.237 e. The number of hydrogen-bond donors (Lipinski definition) is 3. The van der Waals surface area contributed by atoms with Gasteiger partial charge in [0.1, 0.15) is 0 Å². The predicted octanol–water partition coefficient (Wildman–Crippen LogP) is 1.43. The first kappa shape index (κ1) is 15.4. The van der Waals surface area contributed by atoms with Gasteiger partial charge in [-0.15, -0.1) is 0 Å². The van der Waals surface area contributed by atoms with Crippen molar-refractivity contribution in [2.24, 2.45) is 5.41 Å². The van der Waals surface area contributed by atoms with E-state index in [0.29, 0.717) is 6.54 Å². The SMILES string of the molecule is CCC(CC)(CO)CNC(=O)C1CCCCCN1. The van der Waals surface area contributed by atoms with Crippen LogP contribution in [0.3, 0.4) is 0 Å². The first-order chi connectivity index (χ1) is 8.67. The molecule has 1 fully saturated rings. The molecule has 1 unspecified atom stereocenters. The Hall–Kier alpha value is -0.610. The summed E-state index contributed by atoms with van der Waals surface area (Å²) in [6.07, 6.45) is 6.19. The summed E-state index contributed by atoms with van der Waals surface area (Å²) in [5, 5.41) is 15.8. The highest BCUT2D eigenvalue weighted by Gasteiger charge is 2.27. The van der Waals surface area contributed by atoms with Gasteiger partial charge in [-0.2, -0.15) is 0 Å². The fraction of sp³-hybridized carbons (Fsp3) is 0.929. The Morgan fingerprint density at radius 2 is 2.06 bits per heavy atom. The number of hydrogen-bond acceptors (Lipinski definition) is 3. The maximum absolute atomic E-state index is 12.1. The van der Waals surface area contributed by atoms with Crippen LogP contribution in [0.4, 0.5) is 0 Å². The van der Waals surface area contributed by atoms with Gasteiger partial charge in [0.2, 0.25) is 5.91 Å². The van der Waals surface area contributed by atoms with Gasteiger partial charge in [-0.05, 0) is 32.2 Å². The van der Waals surface area contributed by atoms with Crippen LogP contribution in [0.25, 0.3) is 0 Å². The Morgan fingerprint density at radius 1 is 1.33 bits per heavy atom. The predicted molar refractivity (Wildman–Crippen MR) is 73.4 cm³/mol. The number of amides is 1. The monoisotopic (exact) mass is 256 g/mol. The number of carbonyl (C=O) groups is 1. The van der Waals surface area contributed by atoms with Crippen molar-refractivity contribution in [1.29, 1.82) is 0 Å². The van der Waals surface area contributed by atoms with E-state index in [0.717, 1.165) is 38.6 Å². The van der Waals surface area contributed by atoms with Gasteiger partial charge in [-0.3, -0.25) is 4.79 Å². The van der Waals surface area contributed by atoms with E-state index in [-0.39, 0.29) is 24.0 Å². The minimum atomic E-state index is -0.152. The third-order valence-electron chi connectivity index (χ3n) is 4.35. The van der Waals surface area contributed by atoms with Crippen LogP contribution in [0.15, 0.2) is 0 Å². The molecule has 1 rings (SSSR count). The molecule has 0 aliphatic carbocycles. The highest BCUT2D eigenvalue weighted by atomic mass is 16.3. The van der Waals surface area contributed by atoms with Crippen LogP contribution in [0.2, 0.25) is 0 Å². The second-order valence-corrected chi connectivity index (χ2v) is 5.44. The molecule has 1 saturated heterocycles. The molecule has 0 aromatic heterocycles. The minimum absolute atomic E-state index is 0.0439. The Labute approximate surface area is 111 Å². The third kappa shape index (κ3) is 4.25. The molecular formula is C14H28N2O2. The minimum Gasteiger partial charge on any atom is -0.396 e. The topological polar surface area (TPSA) is 61.4 Å². The summed E-state index contributed by atoms with van der Waals surface area (Å²) < 4.78 is 0. The molecule has 1 aliphatic rings. The summed E-state index contributed by atoms with van der Waals surface area (Å²) in [5.74, 6) is 0.0941. The summed E-state index contributed by atoms with van der Waals surface area (Å²) in [6, 6.07) is -0.0439. The summed E-state index contributed by atoms with van der Waals surface area (Å²) in [6.45, 7) is 5.78. The Morgan fingerprint density at radius 3 is 2.67 bits per heavy atom. The van der Waals surface area contributed by atoms with Crippen molar-refractivity contribution in [3.05, 3.63) is 0 Å². The van der Waals surface area contributed by atoms with Gasteiger partial charge in [0, 0.05) is 12.0 Å². The second kappa shape index (κ2) is 7.74. The molecule has 1 aliphatic heterocycles. The Bertz CT molecular complexity index is 236. The molecule has 0 aromatic rings. The van der Waals surface area contributed by atoms with Gasteiger partial charge >= 0.3 is 0 Å². The maximum atomic E-state index is 12.1. The van der Waals surface area contributed by atoms with Crippen LogP contribution >= 0.6 is 0 Å². The fourth-order valence-electron chi connectivity index (χ4n) is 2.43.